The summed E-state index contributed by atoms with van der Waals surface area (Å²) in [6.45, 7) is 0. The van der Waals surface area contributed by atoms with Gasteiger partial charge < -0.3 is 0 Å². The highest BCUT2D eigenvalue weighted by Gasteiger charge is 2.31. The topological polar surface area (TPSA) is 0 Å². The molecule has 2 rings (SSSR count). The molecule has 0 nitrogen and oxygen atoms in total. The number of rotatable bonds is 0. The molecule has 2 heterocycles. The first kappa shape index (κ1) is 4.13. The van der Waals surface area contributed by atoms with Gasteiger partial charge in [0.2, 0.25) is 0 Å². The molecule has 0 aromatic rings. The van der Waals surface area contributed by atoms with Gasteiger partial charge in [-0.2, -0.15) is 0 Å². The highest BCUT2D eigenvalue weighted by molar-refractivity contribution is 6.60. The minimum Gasteiger partial charge on any atom is -0.0597 e. The third kappa shape index (κ3) is 0.547. The molecule has 0 unspecified atom stereocenters. The first-order valence-corrected chi connectivity index (χ1v) is 5.90. The summed E-state index contributed by atoms with van der Waals surface area (Å²) in [5, 5.41) is 0. The lowest BCUT2D eigenvalue weighted by Crippen LogP contribution is -2.00. The predicted molar refractivity (Wildman–Crippen MR) is 34.3 cm³/mol. The summed E-state index contributed by atoms with van der Waals surface area (Å²) in [4.78, 5) is 0. The van der Waals surface area contributed by atoms with Crippen LogP contribution in [0.15, 0.2) is 0 Å². The molecule has 2 aliphatic rings. The van der Waals surface area contributed by atoms with Crippen molar-refractivity contribution in [2.75, 3.05) is 0 Å². The van der Waals surface area contributed by atoms with Crippen molar-refractivity contribution in [2.45, 2.75) is 31.0 Å². The molecule has 0 spiro atoms. The van der Waals surface area contributed by atoms with Crippen LogP contribution in [-0.4, -0.2) is 8.80 Å². The summed E-state index contributed by atoms with van der Waals surface area (Å²) >= 11 is 0. The molecule has 0 radical (unpaired) electrons. The van der Waals surface area contributed by atoms with E-state index in [4.69, 9.17) is 0 Å². The fourth-order valence-corrected chi connectivity index (χ4v) is 6.23. The number of fused-ring (bicyclic) bond motifs is 2. The maximum Gasteiger partial charge on any atom is 0.0370 e. The van der Waals surface area contributed by atoms with Crippen molar-refractivity contribution in [3.8, 4) is 0 Å². The van der Waals surface area contributed by atoms with Crippen molar-refractivity contribution < 1.29 is 0 Å². The summed E-state index contributed by atoms with van der Waals surface area (Å²) in [5.74, 6) is 1.23. The van der Waals surface area contributed by atoms with Crippen molar-refractivity contribution >= 4 is 8.80 Å². The zero-order valence-electron chi connectivity index (χ0n) is 4.69. The van der Waals surface area contributed by atoms with Gasteiger partial charge in [0.25, 0.3) is 0 Å². The fraction of sp³-hybridized carbons (Fsp3) is 1.00. The zero-order valence-corrected chi connectivity index (χ0v) is 5.84. The molecule has 0 N–H and O–H groups in total. The minimum atomic E-state index is 0.0139. The minimum absolute atomic E-state index is 0.0139. The Kier molecular flexibility index (Phi) is 0.794. The van der Waals surface area contributed by atoms with E-state index in [-0.39, 0.29) is 8.80 Å². The van der Waals surface area contributed by atoms with Gasteiger partial charge in [0.1, 0.15) is 0 Å². The van der Waals surface area contributed by atoms with Gasteiger partial charge in [-0.1, -0.05) is 31.0 Å². The Morgan fingerprint density at radius 2 is 1.86 bits per heavy atom. The van der Waals surface area contributed by atoms with Gasteiger partial charge in [0.05, 0.1) is 0 Å². The Hall–Kier alpha value is 0.217. The van der Waals surface area contributed by atoms with E-state index in [9.17, 15) is 0 Å². The Morgan fingerprint density at radius 3 is 2.00 bits per heavy atom. The van der Waals surface area contributed by atoms with Crippen LogP contribution in [0.4, 0.5) is 0 Å². The van der Waals surface area contributed by atoms with Gasteiger partial charge in [-0.15, -0.1) is 0 Å². The Labute approximate surface area is 46.5 Å². The normalized spacial score (nSPS) is 48.0. The molecule has 7 heavy (non-hydrogen) atoms. The van der Waals surface area contributed by atoms with E-state index in [0.29, 0.717) is 0 Å². The second-order valence-corrected chi connectivity index (χ2v) is 6.48. The Balaban J connectivity index is 2.12. The van der Waals surface area contributed by atoms with Crippen LogP contribution >= 0.6 is 0 Å². The van der Waals surface area contributed by atoms with E-state index in [1.54, 1.807) is 31.0 Å². The molecule has 2 saturated heterocycles. The smallest absolute Gasteiger partial charge is 0.0370 e. The lowest BCUT2D eigenvalue weighted by atomic mass is 10.1. The first-order valence-electron chi connectivity index (χ1n) is 3.45. The molecule has 0 saturated carbocycles. The molecular formula is C6H12Si. The van der Waals surface area contributed by atoms with E-state index < -0.39 is 0 Å². The van der Waals surface area contributed by atoms with Crippen LogP contribution in [0.2, 0.25) is 18.1 Å². The van der Waals surface area contributed by atoms with E-state index in [1.807, 2.05) is 0 Å². The summed E-state index contributed by atoms with van der Waals surface area (Å²) in [6.07, 6.45) is 3.24. The SMILES string of the molecule is C1C[SiH]2CCC1C2. The lowest BCUT2D eigenvalue weighted by Gasteiger charge is -2.04. The average Bonchev–Trinajstić information content (AvgIpc) is 2.22. The van der Waals surface area contributed by atoms with Gasteiger partial charge in [-0.25, -0.2) is 0 Å². The first-order chi connectivity index (χ1) is 3.45. The van der Waals surface area contributed by atoms with E-state index >= 15 is 0 Å². The third-order valence-electron chi connectivity index (χ3n) is 2.63. The van der Waals surface area contributed by atoms with Crippen molar-refractivity contribution in [3.05, 3.63) is 0 Å². The highest BCUT2D eigenvalue weighted by atomic mass is 28.3. The monoisotopic (exact) mass is 112 g/mol. The van der Waals surface area contributed by atoms with Crippen LogP contribution in [-0.2, 0) is 0 Å². The van der Waals surface area contributed by atoms with Crippen LogP contribution < -0.4 is 0 Å². The van der Waals surface area contributed by atoms with E-state index in [0.717, 1.165) is 0 Å². The van der Waals surface area contributed by atoms with Crippen molar-refractivity contribution in [3.63, 3.8) is 0 Å². The largest absolute Gasteiger partial charge is 0.0597 e. The van der Waals surface area contributed by atoms with Crippen LogP contribution in [0.1, 0.15) is 12.8 Å². The standard InChI is InChI=1S/C6H12Si/c1-3-7-4-2-6(1)5-7/h6-7H,1-5H2. The van der Waals surface area contributed by atoms with Crippen LogP contribution in [0, 0.1) is 5.92 Å². The van der Waals surface area contributed by atoms with Crippen LogP contribution in [0.5, 0.6) is 0 Å². The van der Waals surface area contributed by atoms with E-state index in [2.05, 4.69) is 0 Å². The van der Waals surface area contributed by atoms with Crippen molar-refractivity contribution in [2.24, 2.45) is 5.92 Å². The zero-order chi connectivity index (χ0) is 4.69. The summed E-state index contributed by atoms with van der Waals surface area (Å²) in [5.41, 5.74) is 0. The van der Waals surface area contributed by atoms with Gasteiger partial charge in [0.15, 0.2) is 0 Å². The molecule has 0 amide bonds. The molecule has 0 aromatic heterocycles. The molecule has 0 aromatic carbocycles. The van der Waals surface area contributed by atoms with Crippen molar-refractivity contribution in [1.82, 2.24) is 0 Å². The number of hydrogen-bond acceptors (Lipinski definition) is 0. The lowest BCUT2D eigenvalue weighted by molar-refractivity contribution is 0.577. The molecule has 1 heteroatoms. The summed E-state index contributed by atoms with van der Waals surface area (Å²) in [7, 11) is 0.0139. The Bertz CT molecular complexity index is 62.2. The molecule has 2 bridgehead atoms. The molecule has 2 fully saturated rings. The maximum atomic E-state index is 1.72. The fourth-order valence-electron chi connectivity index (χ4n) is 2.17. The summed E-state index contributed by atoms with van der Waals surface area (Å²) in [6, 6.07) is 5.12. The predicted octanol–water partition coefficient (Wildman–Crippen LogP) is 1.64. The van der Waals surface area contributed by atoms with Gasteiger partial charge >= 0.3 is 0 Å². The van der Waals surface area contributed by atoms with Crippen LogP contribution in [0.25, 0.3) is 0 Å². The molecule has 0 atom stereocenters. The van der Waals surface area contributed by atoms with Crippen LogP contribution in [0.3, 0.4) is 0 Å². The van der Waals surface area contributed by atoms with Gasteiger partial charge in [-0.05, 0) is 5.92 Å². The quantitative estimate of drug-likeness (QED) is 0.418. The molecular weight excluding hydrogens is 100 g/mol. The highest BCUT2D eigenvalue weighted by Crippen LogP contribution is 2.40. The van der Waals surface area contributed by atoms with Gasteiger partial charge in [0, 0.05) is 8.80 Å². The summed E-state index contributed by atoms with van der Waals surface area (Å²) < 4.78 is 0. The second-order valence-electron chi connectivity index (χ2n) is 3.12. The van der Waals surface area contributed by atoms with Gasteiger partial charge in [-0.3, -0.25) is 0 Å². The molecule has 40 valence electrons. The Morgan fingerprint density at radius 1 is 1.14 bits per heavy atom. The number of hydrogen-bond donors (Lipinski definition) is 0. The van der Waals surface area contributed by atoms with E-state index in [1.165, 1.54) is 5.92 Å². The molecule has 0 aliphatic carbocycles. The third-order valence-corrected chi connectivity index (χ3v) is 6.27. The second kappa shape index (κ2) is 1.34. The maximum absolute atomic E-state index is 1.72. The van der Waals surface area contributed by atoms with Crippen molar-refractivity contribution in [1.29, 1.82) is 0 Å². The average molecular weight is 112 g/mol. The molecule has 2 aliphatic heterocycles.